The van der Waals surface area contributed by atoms with Crippen LogP contribution in [-0.4, -0.2) is 131 Å². The lowest BCUT2D eigenvalue weighted by Gasteiger charge is -2.30. The SMILES string of the molecule is CCCCCCCCCCCCCCCCCC(=O)OCC(C)(COC(=O)CCCCCCCCCCCCCCCCC)C(=O)OCc1cn(CCCCCCOC(=O)C(C)(COC(=O)C(C)(CO)CO)COC(=O)C(C)(CO)CO)nn1. The fraction of sp³-hybridized carbons (Fsp3) is 0.877. The summed E-state index contributed by atoms with van der Waals surface area (Å²) in [6.07, 6.45) is 41.2. The molecule has 0 aliphatic carbocycles. The number of unbranched alkanes of at least 4 members (excludes halogenated alkanes) is 31. The van der Waals surface area contributed by atoms with Gasteiger partial charge in [-0.15, -0.1) is 5.10 Å². The Morgan fingerprint density at radius 3 is 1.04 bits per heavy atom. The Bertz CT molecular complexity index is 1800. The largest absolute Gasteiger partial charge is 0.465 e. The molecule has 488 valence electrons. The predicted octanol–water partition coefficient (Wildman–Crippen LogP) is 12.1. The summed E-state index contributed by atoms with van der Waals surface area (Å²) in [5.74, 6) is -4.33. The minimum atomic E-state index is -1.71. The van der Waals surface area contributed by atoms with Crippen molar-refractivity contribution < 1.29 is 77.6 Å². The summed E-state index contributed by atoms with van der Waals surface area (Å²) >= 11 is 0. The number of rotatable bonds is 57. The molecule has 0 aromatic carbocycles. The molecule has 1 rings (SSSR count). The Labute approximate surface area is 505 Å². The van der Waals surface area contributed by atoms with Crippen LogP contribution in [0, 0.1) is 21.7 Å². The van der Waals surface area contributed by atoms with E-state index in [0.717, 1.165) is 38.5 Å². The molecule has 1 aromatic heterocycles. The normalized spacial score (nSPS) is 12.1. The molecule has 0 spiro atoms. The number of hydrogen-bond acceptors (Lipinski definition) is 18. The van der Waals surface area contributed by atoms with Gasteiger partial charge in [0.05, 0.1) is 39.2 Å². The van der Waals surface area contributed by atoms with Gasteiger partial charge >= 0.3 is 35.8 Å². The molecule has 1 aromatic rings. The molecule has 0 atom stereocenters. The monoisotopic (exact) mass is 1200 g/mol. The first-order chi connectivity index (χ1) is 40.4. The topological polar surface area (TPSA) is 269 Å². The van der Waals surface area contributed by atoms with Crippen LogP contribution in [0.2, 0.25) is 0 Å². The number of aryl methyl sites for hydroxylation is 1. The van der Waals surface area contributed by atoms with E-state index in [1.807, 2.05) is 0 Å². The number of aliphatic hydroxyl groups is 4. The molecule has 0 bridgehead atoms. The number of carbonyl (C=O) groups is 6. The van der Waals surface area contributed by atoms with Crippen LogP contribution in [0.4, 0.5) is 0 Å². The molecule has 0 unspecified atom stereocenters. The van der Waals surface area contributed by atoms with Gasteiger partial charge in [-0.3, -0.25) is 33.4 Å². The fourth-order valence-electron chi connectivity index (χ4n) is 9.28. The lowest BCUT2D eigenvalue weighted by atomic mass is 9.90. The van der Waals surface area contributed by atoms with Gasteiger partial charge in [-0.25, -0.2) is 0 Å². The first-order valence-electron chi connectivity index (χ1n) is 32.7. The quantitative estimate of drug-likeness (QED) is 0.0268. The van der Waals surface area contributed by atoms with E-state index >= 15 is 0 Å². The van der Waals surface area contributed by atoms with Gasteiger partial charge in [0.25, 0.3) is 0 Å². The van der Waals surface area contributed by atoms with Crippen LogP contribution in [0.25, 0.3) is 0 Å². The van der Waals surface area contributed by atoms with E-state index < -0.39 is 97.1 Å². The second-order valence-electron chi connectivity index (χ2n) is 24.8. The van der Waals surface area contributed by atoms with Crippen LogP contribution in [0.3, 0.4) is 0 Å². The molecule has 0 aliphatic rings. The third kappa shape index (κ3) is 35.4. The number of aromatic nitrogens is 3. The molecule has 84 heavy (non-hydrogen) atoms. The number of hydrogen-bond donors (Lipinski definition) is 4. The Kier molecular flexibility index (Phi) is 44.4. The van der Waals surface area contributed by atoms with E-state index in [4.69, 9.17) is 28.4 Å². The van der Waals surface area contributed by atoms with Crippen LogP contribution in [0.5, 0.6) is 0 Å². The van der Waals surface area contributed by atoms with Gasteiger partial charge in [0, 0.05) is 19.4 Å². The average Bonchev–Trinajstić information content (AvgIpc) is 3.92. The van der Waals surface area contributed by atoms with E-state index in [1.165, 1.54) is 162 Å². The Balaban J connectivity index is 2.69. The van der Waals surface area contributed by atoms with E-state index in [2.05, 4.69) is 24.2 Å². The third-order valence-corrected chi connectivity index (χ3v) is 15.9. The first kappa shape index (κ1) is 77.8. The summed E-state index contributed by atoms with van der Waals surface area (Å²) in [6.45, 7) is 5.51. The summed E-state index contributed by atoms with van der Waals surface area (Å²) in [7, 11) is 0. The number of aliphatic hydroxyl groups excluding tert-OH is 4. The molecule has 0 amide bonds. The van der Waals surface area contributed by atoms with Crippen LogP contribution in [0.1, 0.15) is 278 Å². The molecule has 1 heterocycles. The summed E-state index contributed by atoms with van der Waals surface area (Å²) in [5, 5.41) is 46.8. The summed E-state index contributed by atoms with van der Waals surface area (Å²) in [5.41, 5.74) is -6.07. The van der Waals surface area contributed by atoms with E-state index in [-0.39, 0.29) is 39.3 Å². The molecule has 0 saturated carbocycles. The van der Waals surface area contributed by atoms with Gasteiger partial charge in [-0.1, -0.05) is 205 Å². The highest BCUT2D eigenvalue weighted by atomic mass is 16.6. The molecule has 19 nitrogen and oxygen atoms in total. The summed E-state index contributed by atoms with van der Waals surface area (Å²) < 4.78 is 34.7. The minimum absolute atomic E-state index is 0.0124. The molecule has 19 heteroatoms. The number of ether oxygens (including phenoxy) is 6. The van der Waals surface area contributed by atoms with Gasteiger partial charge < -0.3 is 48.8 Å². The first-order valence-corrected chi connectivity index (χ1v) is 32.7. The van der Waals surface area contributed by atoms with Gasteiger partial charge in [0.15, 0.2) is 0 Å². The predicted molar refractivity (Wildman–Crippen MR) is 323 cm³/mol. The maximum atomic E-state index is 13.8. The zero-order valence-corrected chi connectivity index (χ0v) is 53.3. The molecule has 4 N–H and O–H groups in total. The van der Waals surface area contributed by atoms with Gasteiger partial charge in [-0.2, -0.15) is 0 Å². The maximum absolute atomic E-state index is 13.8. The number of esters is 6. The molecular formula is C65H117N3O16. The third-order valence-electron chi connectivity index (χ3n) is 15.9. The van der Waals surface area contributed by atoms with Crippen LogP contribution < -0.4 is 0 Å². The Morgan fingerprint density at radius 1 is 0.381 bits per heavy atom. The van der Waals surface area contributed by atoms with E-state index in [1.54, 1.807) is 17.8 Å². The van der Waals surface area contributed by atoms with Crippen molar-refractivity contribution in [3.63, 3.8) is 0 Å². The lowest BCUT2D eigenvalue weighted by Crippen LogP contribution is -2.45. The van der Waals surface area contributed by atoms with Crippen molar-refractivity contribution in [3.05, 3.63) is 11.9 Å². The van der Waals surface area contributed by atoms with Gasteiger partial charge in [-0.05, 0) is 59.8 Å². The van der Waals surface area contributed by atoms with Gasteiger partial charge in [0.1, 0.15) is 60.4 Å². The van der Waals surface area contributed by atoms with Crippen molar-refractivity contribution in [1.29, 1.82) is 0 Å². The number of carbonyl (C=O) groups excluding carboxylic acids is 6. The average molecular weight is 1200 g/mol. The second-order valence-corrected chi connectivity index (χ2v) is 24.8. The van der Waals surface area contributed by atoms with Crippen molar-refractivity contribution in [1.82, 2.24) is 15.0 Å². The smallest absolute Gasteiger partial charge is 0.319 e. The van der Waals surface area contributed by atoms with Crippen molar-refractivity contribution in [2.24, 2.45) is 21.7 Å². The molecule has 0 aliphatic heterocycles. The van der Waals surface area contributed by atoms with Crippen LogP contribution in [-0.2, 0) is 70.3 Å². The maximum Gasteiger partial charge on any atom is 0.319 e. The van der Waals surface area contributed by atoms with Crippen LogP contribution in [0.15, 0.2) is 6.20 Å². The molecular weight excluding hydrogens is 1080 g/mol. The van der Waals surface area contributed by atoms with Gasteiger partial charge in [0.2, 0.25) is 0 Å². The molecule has 0 radical (unpaired) electrons. The molecule has 0 fully saturated rings. The van der Waals surface area contributed by atoms with Crippen LogP contribution >= 0.6 is 0 Å². The van der Waals surface area contributed by atoms with E-state index in [9.17, 15) is 49.2 Å². The van der Waals surface area contributed by atoms with Crippen molar-refractivity contribution in [2.75, 3.05) is 59.5 Å². The van der Waals surface area contributed by atoms with E-state index in [0.29, 0.717) is 50.8 Å². The zero-order valence-electron chi connectivity index (χ0n) is 53.3. The second kappa shape index (κ2) is 47.9. The zero-order chi connectivity index (χ0) is 62.2. The molecule has 0 saturated heterocycles. The lowest BCUT2D eigenvalue weighted by molar-refractivity contribution is -0.179. The van der Waals surface area contributed by atoms with Crippen molar-refractivity contribution in [3.8, 4) is 0 Å². The highest BCUT2D eigenvalue weighted by Crippen LogP contribution is 2.27. The summed E-state index contributed by atoms with van der Waals surface area (Å²) in [4.78, 5) is 78.4. The minimum Gasteiger partial charge on any atom is -0.465 e. The number of nitrogens with zero attached hydrogens (tertiary/aromatic N) is 3. The Hall–Kier alpha value is -4.20. The summed E-state index contributed by atoms with van der Waals surface area (Å²) in [6, 6.07) is 0. The van der Waals surface area contributed by atoms with Crippen molar-refractivity contribution in [2.45, 2.75) is 286 Å². The van der Waals surface area contributed by atoms with Crippen molar-refractivity contribution >= 4 is 35.8 Å². The highest BCUT2D eigenvalue weighted by molar-refractivity contribution is 5.81. The fourth-order valence-corrected chi connectivity index (χ4v) is 9.28. The standard InChI is InChI=1S/C65H117N3O16/c1-7-9-11-13-15-17-19-21-23-25-27-29-31-33-37-41-56(73)81-51-64(5,52-82-57(74)42-38-34-32-30-28-26-24-22-20-18-16-14-12-10-8-2)61(78)80-46-55-45-68(67-66-55)43-39-35-36-40-44-79-60(77)65(6,53-83-58(75)62(3,47-69)48-70)54-84-59(76)63(4,49-71)50-72/h45,69-72H,7-44,46-54H2,1-6H3. The highest BCUT2D eigenvalue weighted by Gasteiger charge is 2.44. The Morgan fingerprint density at radius 2 is 0.679 bits per heavy atom.